The van der Waals surface area contributed by atoms with Gasteiger partial charge in [-0.05, 0) is 44.4 Å². The van der Waals surface area contributed by atoms with Gasteiger partial charge in [-0.25, -0.2) is 4.98 Å². The Morgan fingerprint density at radius 2 is 1.85 bits per heavy atom. The van der Waals surface area contributed by atoms with Crippen LogP contribution in [-0.2, 0) is 11.2 Å². The van der Waals surface area contributed by atoms with Crippen LogP contribution < -0.4 is 5.32 Å². The van der Waals surface area contributed by atoms with Gasteiger partial charge in [-0.2, -0.15) is 0 Å². The summed E-state index contributed by atoms with van der Waals surface area (Å²) in [5.74, 6) is 0.451. The number of rotatable bonds is 8. The number of nitrogens with one attached hydrogen (secondary N) is 1. The van der Waals surface area contributed by atoms with E-state index >= 15 is 0 Å². The van der Waals surface area contributed by atoms with E-state index in [-0.39, 0.29) is 5.91 Å². The highest BCUT2D eigenvalue weighted by molar-refractivity contribution is 7.99. The van der Waals surface area contributed by atoms with Crippen molar-refractivity contribution in [2.24, 2.45) is 0 Å². The molecule has 1 aromatic heterocycles. The van der Waals surface area contributed by atoms with Gasteiger partial charge in [0.2, 0.25) is 5.91 Å². The molecule has 0 atom stereocenters. The van der Waals surface area contributed by atoms with Crippen LogP contribution in [0.4, 0.5) is 0 Å². The Bertz CT molecular complexity index is 858. The number of nitrogens with zero attached hydrogens (tertiary/aromatic N) is 2. The van der Waals surface area contributed by atoms with Gasteiger partial charge in [0.05, 0.1) is 16.8 Å². The van der Waals surface area contributed by atoms with Crippen molar-refractivity contribution in [1.29, 1.82) is 0 Å². The van der Waals surface area contributed by atoms with Crippen LogP contribution in [0.3, 0.4) is 0 Å². The molecule has 1 N–H and O–H groups in total. The van der Waals surface area contributed by atoms with E-state index in [1.165, 1.54) is 17.3 Å². The average Bonchev–Trinajstić information content (AvgIpc) is 3.03. The average molecular weight is 368 g/mol. The maximum atomic E-state index is 12.2. The fourth-order valence-electron chi connectivity index (χ4n) is 2.97. The third kappa shape index (κ3) is 4.67. The minimum atomic E-state index is 0.0606. The highest BCUT2D eigenvalue weighted by Gasteiger charge is 2.14. The predicted octanol–water partition coefficient (Wildman–Crippen LogP) is 4.46. The maximum absolute atomic E-state index is 12.2. The Morgan fingerprint density at radius 3 is 2.62 bits per heavy atom. The molecular weight excluding hydrogens is 342 g/mol. The number of fused-ring (bicyclic) bond motifs is 1. The van der Waals surface area contributed by atoms with Crippen LogP contribution in [0.1, 0.15) is 31.9 Å². The molecule has 0 fully saturated rings. The third-order valence-corrected chi connectivity index (χ3v) is 5.17. The molecule has 0 aliphatic rings. The van der Waals surface area contributed by atoms with Gasteiger partial charge in [0.1, 0.15) is 0 Å². The van der Waals surface area contributed by atoms with Gasteiger partial charge in [-0.1, -0.05) is 54.2 Å². The quantitative estimate of drug-likeness (QED) is 0.472. The van der Waals surface area contributed by atoms with Crippen molar-refractivity contribution in [2.75, 3.05) is 12.3 Å². The van der Waals surface area contributed by atoms with E-state index in [1.807, 2.05) is 36.4 Å². The molecule has 0 radical (unpaired) electrons. The van der Waals surface area contributed by atoms with Gasteiger partial charge in [-0.3, -0.25) is 4.79 Å². The molecule has 2 aromatic carbocycles. The number of amides is 1. The van der Waals surface area contributed by atoms with Crippen LogP contribution in [0.2, 0.25) is 0 Å². The molecule has 4 nitrogen and oxygen atoms in total. The van der Waals surface area contributed by atoms with Crippen LogP contribution in [0.15, 0.2) is 59.8 Å². The molecule has 5 heteroatoms. The summed E-state index contributed by atoms with van der Waals surface area (Å²) in [5.41, 5.74) is 3.40. The van der Waals surface area contributed by atoms with E-state index in [9.17, 15) is 4.79 Å². The molecule has 26 heavy (non-hydrogen) atoms. The van der Waals surface area contributed by atoms with E-state index in [1.54, 1.807) is 0 Å². The maximum Gasteiger partial charge on any atom is 0.230 e. The van der Waals surface area contributed by atoms with Gasteiger partial charge in [0, 0.05) is 12.6 Å². The second-order valence-corrected chi connectivity index (χ2v) is 7.52. The van der Waals surface area contributed by atoms with Crippen LogP contribution in [0, 0.1) is 0 Å². The Morgan fingerprint density at radius 1 is 1.12 bits per heavy atom. The van der Waals surface area contributed by atoms with E-state index in [2.05, 4.69) is 46.9 Å². The predicted molar refractivity (Wildman–Crippen MR) is 109 cm³/mol. The Balaban J connectivity index is 1.50. The number of carbonyl (C=O) groups is 1. The molecule has 1 heterocycles. The summed E-state index contributed by atoms with van der Waals surface area (Å²) >= 11 is 1.50. The van der Waals surface area contributed by atoms with Crippen molar-refractivity contribution in [3.63, 3.8) is 0 Å². The summed E-state index contributed by atoms with van der Waals surface area (Å²) in [6.07, 6.45) is 1.93. The smallest absolute Gasteiger partial charge is 0.230 e. The zero-order valence-electron chi connectivity index (χ0n) is 15.3. The summed E-state index contributed by atoms with van der Waals surface area (Å²) < 4.78 is 2.20. The lowest BCUT2D eigenvalue weighted by molar-refractivity contribution is -0.118. The molecule has 3 rings (SSSR count). The lowest BCUT2D eigenvalue weighted by atomic mass is 10.1. The van der Waals surface area contributed by atoms with Gasteiger partial charge in [-0.15, -0.1) is 0 Å². The summed E-state index contributed by atoms with van der Waals surface area (Å²) in [4.78, 5) is 16.8. The SMILES string of the molecule is CC(C)n1c(SCC(=O)NCCCc2ccccc2)nc2ccccc21. The van der Waals surface area contributed by atoms with Crippen molar-refractivity contribution in [3.8, 4) is 0 Å². The second-order valence-electron chi connectivity index (χ2n) is 6.57. The minimum Gasteiger partial charge on any atom is -0.355 e. The van der Waals surface area contributed by atoms with Crippen LogP contribution in [0.25, 0.3) is 11.0 Å². The number of aromatic nitrogens is 2. The van der Waals surface area contributed by atoms with Crippen LogP contribution in [-0.4, -0.2) is 27.8 Å². The number of thioether (sulfide) groups is 1. The molecule has 0 unspecified atom stereocenters. The number of benzene rings is 2. The van der Waals surface area contributed by atoms with Crippen LogP contribution >= 0.6 is 11.8 Å². The molecule has 0 aliphatic heterocycles. The lowest BCUT2D eigenvalue weighted by Crippen LogP contribution is -2.26. The largest absolute Gasteiger partial charge is 0.355 e. The van der Waals surface area contributed by atoms with E-state index in [0.717, 1.165) is 29.0 Å². The first-order chi connectivity index (χ1) is 12.6. The second kappa shape index (κ2) is 8.90. The van der Waals surface area contributed by atoms with Crippen molar-refractivity contribution in [3.05, 3.63) is 60.2 Å². The van der Waals surface area contributed by atoms with Crippen molar-refractivity contribution in [2.45, 2.75) is 37.9 Å². The van der Waals surface area contributed by atoms with Crippen LogP contribution in [0.5, 0.6) is 0 Å². The Labute approximate surface area is 159 Å². The number of carbonyl (C=O) groups excluding carboxylic acids is 1. The first kappa shape index (κ1) is 18.5. The number of imidazole rings is 1. The molecule has 0 spiro atoms. The summed E-state index contributed by atoms with van der Waals surface area (Å²) in [7, 11) is 0. The molecule has 0 saturated heterocycles. The first-order valence-electron chi connectivity index (χ1n) is 9.05. The van der Waals surface area contributed by atoms with Crippen molar-refractivity contribution in [1.82, 2.24) is 14.9 Å². The third-order valence-electron chi connectivity index (χ3n) is 4.22. The topological polar surface area (TPSA) is 46.9 Å². The Kier molecular flexibility index (Phi) is 6.34. The fraction of sp³-hybridized carbons (Fsp3) is 0.333. The van der Waals surface area contributed by atoms with Crippen molar-refractivity contribution < 1.29 is 4.79 Å². The monoisotopic (exact) mass is 367 g/mol. The van der Waals surface area contributed by atoms with Gasteiger partial charge >= 0.3 is 0 Å². The fourth-order valence-corrected chi connectivity index (χ4v) is 3.94. The molecular formula is C21H25N3OS. The van der Waals surface area contributed by atoms with E-state index in [4.69, 9.17) is 0 Å². The normalized spacial score (nSPS) is 11.2. The lowest BCUT2D eigenvalue weighted by Gasteiger charge is -2.12. The van der Waals surface area contributed by atoms with Gasteiger partial charge in [0.15, 0.2) is 5.16 Å². The van der Waals surface area contributed by atoms with E-state index in [0.29, 0.717) is 18.3 Å². The molecule has 0 saturated carbocycles. The summed E-state index contributed by atoms with van der Waals surface area (Å²) in [6.45, 7) is 4.98. The zero-order valence-corrected chi connectivity index (χ0v) is 16.1. The number of aryl methyl sites for hydroxylation is 1. The van der Waals surface area contributed by atoms with Gasteiger partial charge in [0.25, 0.3) is 0 Å². The standard InChI is InChI=1S/C21H25N3OS/c1-16(2)24-19-13-7-6-12-18(19)23-21(24)26-15-20(25)22-14-8-11-17-9-4-3-5-10-17/h3-7,9-10,12-13,16H,8,11,14-15H2,1-2H3,(H,22,25). The van der Waals surface area contributed by atoms with Crippen molar-refractivity contribution >= 4 is 28.7 Å². The molecule has 1 amide bonds. The summed E-state index contributed by atoms with van der Waals surface area (Å²) in [6, 6.07) is 18.8. The number of para-hydroxylation sites is 2. The number of hydrogen-bond acceptors (Lipinski definition) is 3. The molecule has 0 bridgehead atoms. The first-order valence-corrected chi connectivity index (χ1v) is 10.0. The minimum absolute atomic E-state index is 0.0606. The van der Waals surface area contributed by atoms with E-state index < -0.39 is 0 Å². The van der Waals surface area contributed by atoms with Gasteiger partial charge < -0.3 is 9.88 Å². The highest BCUT2D eigenvalue weighted by atomic mass is 32.2. The highest BCUT2D eigenvalue weighted by Crippen LogP contribution is 2.27. The number of hydrogen-bond donors (Lipinski definition) is 1. The Hall–Kier alpha value is -2.27. The molecule has 0 aliphatic carbocycles. The molecule has 136 valence electrons. The zero-order chi connectivity index (χ0) is 18.4. The molecule has 3 aromatic rings. The summed E-state index contributed by atoms with van der Waals surface area (Å²) in [5, 5.41) is 3.91.